The highest BCUT2D eigenvalue weighted by molar-refractivity contribution is 7.89. The van der Waals surface area contributed by atoms with Crippen LogP contribution >= 0.6 is 11.3 Å². The van der Waals surface area contributed by atoms with E-state index < -0.39 is 10.0 Å². The van der Waals surface area contributed by atoms with Crippen LogP contribution in [-0.2, 0) is 10.0 Å². The monoisotopic (exact) mass is 439 g/mol. The molecule has 0 saturated carbocycles. The molecule has 4 rings (SSSR count). The quantitative estimate of drug-likeness (QED) is 0.517. The molecule has 0 bridgehead atoms. The molecule has 154 valence electrons. The number of thiophene rings is 1. The third-order valence-corrected chi connectivity index (χ3v) is 7.87. The van der Waals surface area contributed by atoms with Gasteiger partial charge in [0.05, 0.1) is 10.3 Å². The summed E-state index contributed by atoms with van der Waals surface area (Å²) in [4.78, 5) is 21.2. The number of nitrogens with zero attached hydrogens (tertiary/aromatic N) is 2. The lowest BCUT2D eigenvalue weighted by Crippen LogP contribution is -2.22. The van der Waals surface area contributed by atoms with Crippen LogP contribution in [0.3, 0.4) is 0 Å². The maximum absolute atomic E-state index is 12.9. The van der Waals surface area contributed by atoms with E-state index in [4.69, 9.17) is 0 Å². The molecule has 30 heavy (non-hydrogen) atoms. The third kappa shape index (κ3) is 3.47. The highest BCUT2D eigenvalue weighted by Crippen LogP contribution is 2.32. The van der Waals surface area contributed by atoms with Crippen LogP contribution in [0.2, 0.25) is 0 Å². The molecule has 6 nitrogen and oxygen atoms in total. The van der Waals surface area contributed by atoms with Crippen molar-refractivity contribution in [1.82, 2.24) is 14.3 Å². The maximum Gasteiger partial charge on any atom is 0.260 e. The first-order chi connectivity index (χ1) is 14.2. The van der Waals surface area contributed by atoms with Crippen molar-refractivity contribution < 1.29 is 8.42 Å². The number of nitrogens with one attached hydrogen (secondary N) is 1. The van der Waals surface area contributed by atoms with Gasteiger partial charge in [-0.25, -0.2) is 17.7 Å². The van der Waals surface area contributed by atoms with Crippen molar-refractivity contribution in [1.29, 1.82) is 0 Å². The molecule has 1 N–H and O–H groups in total. The van der Waals surface area contributed by atoms with Crippen molar-refractivity contribution in [2.24, 2.45) is 0 Å². The Balaban J connectivity index is 1.78. The summed E-state index contributed by atoms with van der Waals surface area (Å²) < 4.78 is 25.7. The highest BCUT2D eigenvalue weighted by atomic mass is 32.2. The Hall–Kier alpha value is -2.81. The number of H-pyrrole nitrogens is 1. The smallest absolute Gasteiger partial charge is 0.260 e. The van der Waals surface area contributed by atoms with Gasteiger partial charge in [0.2, 0.25) is 10.0 Å². The Morgan fingerprint density at radius 3 is 2.27 bits per heavy atom. The molecule has 0 saturated heterocycles. The minimum absolute atomic E-state index is 0.188. The van der Waals surface area contributed by atoms with Crippen molar-refractivity contribution in [3.8, 4) is 22.5 Å². The minimum Gasteiger partial charge on any atom is -0.306 e. The van der Waals surface area contributed by atoms with Crippen molar-refractivity contribution >= 4 is 31.6 Å². The van der Waals surface area contributed by atoms with Gasteiger partial charge in [-0.15, -0.1) is 11.3 Å². The molecule has 0 unspecified atom stereocenters. The zero-order chi connectivity index (χ0) is 21.6. The van der Waals surface area contributed by atoms with E-state index in [0.717, 1.165) is 15.4 Å². The second kappa shape index (κ2) is 7.46. The van der Waals surface area contributed by atoms with Gasteiger partial charge in [-0.05, 0) is 54.8 Å². The SMILES string of the molecule is Cc1ccc(-c2csc3nc(-c4ccc(S(=O)(=O)N(C)C)cc4)[nH]c(=O)c23)cc1C. The van der Waals surface area contributed by atoms with E-state index in [2.05, 4.69) is 23.0 Å². The molecule has 0 fully saturated rings. The molecule has 8 heteroatoms. The number of aromatic nitrogens is 2. The van der Waals surface area contributed by atoms with Gasteiger partial charge in [-0.1, -0.05) is 18.2 Å². The summed E-state index contributed by atoms with van der Waals surface area (Å²) in [7, 11) is -0.537. The van der Waals surface area contributed by atoms with E-state index in [1.54, 1.807) is 12.1 Å². The Morgan fingerprint density at radius 2 is 1.63 bits per heavy atom. The highest BCUT2D eigenvalue weighted by Gasteiger charge is 2.18. The zero-order valence-corrected chi connectivity index (χ0v) is 18.7. The third-order valence-electron chi connectivity index (χ3n) is 5.17. The van der Waals surface area contributed by atoms with Crippen LogP contribution in [0, 0.1) is 13.8 Å². The summed E-state index contributed by atoms with van der Waals surface area (Å²) in [5.41, 5.74) is 4.66. The summed E-state index contributed by atoms with van der Waals surface area (Å²) in [5.74, 6) is 0.412. The summed E-state index contributed by atoms with van der Waals surface area (Å²) in [5, 5.41) is 2.52. The topological polar surface area (TPSA) is 83.1 Å². The number of aromatic amines is 1. The zero-order valence-electron chi connectivity index (χ0n) is 17.1. The van der Waals surface area contributed by atoms with Gasteiger partial charge in [0.1, 0.15) is 10.7 Å². The van der Waals surface area contributed by atoms with Crippen molar-refractivity contribution in [3.05, 3.63) is 69.3 Å². The van der Waals surface area contributed by atoms with Crippen molar-refractivity contribution in [2.75, 3.05) is 14.1 Å². The molecule has 0 amide bonds. The second-order valence-electron chi connectivity index (χ2n) is 7.35. The predicted molar refractivity (Wildman–Crippen MR) is 121 cm³/mol. The standard InChI is InChI=1S/C22H21N3O3S2/c1-13-5-6-16(11-14(13)2)18-12-29-22-19(18)21(26)23-20(24-22)15-7-9-17(10-8-15)30(27,28)25(3)4/h5-12H,1-4H3,(H,23,24,26). The summed E-state index contributed by atoms with van der Waals surface area (Å²) in [6, 6.07) is 12.5. The molecule has 2 heterocycles. The fourth-order valence-electron chi connectivity index (χ4n) is 3.20. The van der Waals surface area contributed by atoms with Crippen LogP contribution in [0.5, 0.6) is 0 Å². The fourth-order valence-corrected chi connectivity index (χ4v) is 5.05. The number of hydrogen-bond acceptors (Lipinski definition) is 5. The van der Waals surface area contributed by atoms with Crippen LogP contribution in [0.15, 0.2) is 57.5 Å². The lowest BCUT2D eigenvalue weighted by molar-refractivity contribution is 0.521. The van der Waals surface area contributed by atoms with Crippen LogP contribution < -0.4 is 5.56 Å². The first-order valence-corrected chi connectivity index (χ1v) is 11.6. The number of sulfonamides is 1. The van der Waals surface area contributed by atoms with Crippen LogP contribution in [-0.4, -0.2) is 36.8 Å². The second-order valence-corrected chi connectivity index (χ2v) is 10.4. The molecule has 2 aromatic heterocycles. The van der Waals surface area contributed by atoms with Crippen LogP contribution in [0.25, 0.3) is 32.7 Å². The number of aryl methyl sites for hydroxylation is 2. The molecule has 0 atom stereocenters. The molecule has 2 aromatic carbocycles. The Morgan fingerprint density at radius 1 is 0.967 bits per heavy atom. The first-order valence-electron chi connectivity index (χ1n) is 9.30. The van der Waals surface area contributed by atoms with E-state index in [-0.39, 0.29) is 10.5 Å². The van der Waals surface area contributed by atoms with Crippen molar-refractivity contribution in [3.63, 3.8) is 0 Å². The summed E-state index contributed by atoms with van der Waals surface area (Å²) in [6.07, 6.45) is 0. The molecule has 0 aliphatic carbocycles. The number of hydrogen-bond donors (Lipinski definition) is 1. The Bertz CT molecular complexity index is 1420. The molecule has 0 spiro atoms. The maximum atomic E-state index is 12.9. The van der Waals surface area contributed by atoms with Gasteiger partial charge >= 0.3 is 0 Å². The van der Waals surface area contributed by atoms with Gasteiger partial charge in [0, 0.05) is 30.6 Å². The van der Waals surface area contributed by atoms with E-state index >= 15 is 0 Å². The Labute approximate surface area is 178 Å². The number of rotatable bonds is 4. The first kappa shape index (κ1) is 20.5. The predicted octanol–water partition coefficient (Wildman–Crippen LogP) is 4.19. The van der Waals surface area contributed by atoms with E-state index in [9.17, 15) is 13.2 Å². The summed E-state index contributed by atoms with van der Waals surface area (Å²) >= 11 is 1.42. The van der Waals surface area contributed by atoms with E-state index in [0.29, 0.717) is 21.6 Å². The lowest BCUT2D eigenvalue weighted by atomic mass is 10.0. The average Bonchev–Trinajstić information content (AvgIpc) is 3.14. The van der Waals surface area contributed by atoms with Gasteiger partial charge in [-0.3, -0.25) is 4.79 Å². The normalized spacial score (nSPS) is 12.0. The van der Waals surface area contributed by atoms with Crippen molar-refractivity contribution in [2.45, 2.75) is 18.7 Å². The molecule has 4 aromatic rings. The van der Waals surface area contributed by atoms with Crippen LogP contribution in [0.4, 0.5) is 0 Å². The molecule has 0 aliphatic rings. The van der Waals surface area contributed by atoms with Gasteiger partial charge in [-0.2, -0.15) is 0 Å². The molecular weight excluding hydrogens is 418 g/mol. The van der Waals surface area contributed by atoms with E-state index in [1.165, 1.54) is 48.7 Å². The minimum atomic E-state index is -3.51. The molecule has 0 radical (unpaired) electrons. The van der Waals surface area contributed by atoms with E-state index in [1.807, 2.05) is 24.4 Å². The average molecular weight is 440 g/mol. The summed E-state index contributed by atoms with van der Waals surface area (Å²) in [6.45, 7) is 4.11. The largest absolute Gasteiger partial charge is 0.306 e. The van der Waals surface area contributed by atoms with Gasteiger partial charge in [0.15, 0.2) is 0 Å². The number of benzene rings is 2. The fraction of sp³-hybridized carbons (Fsp3) is 0.182. The van der Waals surface area contributed by atoms with Gasteiger partial charge < -0.3 is 4.98 Å². The lowest BCUT2D eigenvalue weighted by Gasteiger charge is -2.11. The molecular formula is C22H21N3O3S2. The Kier molecular flexibility index (Phi) is 5.09. The van der Waals surface area contributed by atoms with Crippen LogP contribution in [0.1, 0.15) is 11.1 Å². The molecule has 0 aliphatic heterocycles. The number of fused-ring (bicyclic) bond motifs is 1. The van der Waals surface area contributed by atoms with Gasteiger partial charge in [0.25, 0.3) is 5.56 Å².